The zero-order chi connectivity index (χ0) is 20.7. The number of ether oxygens (including phenoxy) is 1. The Morgan fingerprint density at radius 1 is 0.897 bits per heavy atom. The van der Waals surface area contributed by atoms with E-state index in [-0.39, 0.29) is 22.3 Å². The van der Waals surface area contributed by atoms with Crippen LogP contribution in [-0.2, 0) is 4.74 Å². The fourth-order valence-electron chi connectivity index (χ4n) is 3.64. The molecule has 5 atom stereocenters. The summed E-state index contributed by atoms with van der Waals surface area (Å²) < 4.78 is 11.3. The molecule has 29 heavy (non-hydrogen) atoms. The van der Waals surface area contributed by atoms with Crippen LogP contribution in [0.2, 0.25) is 0 Å². The van der Waals surface area contributed by atoms with Crippen molar-refractivity contribution in [1.82, 2.24) is 0 Å². The third-order valence-electron chi connectivity index (χ3n) is 5.16. The molecule has 8 nitrogen and oxygen atoms in total. The maximum atomic E-state index is 13.0. The minimum atomic E-state index is -1.59. The molecule has 3 aromatic rings. The average molecular weight is 400 g/mol. The molecule has 0 bridgehead atoms. The predicted octanol–water partition coefficient (Wildman–Crippen LogP) is 0.680. The predicted molar refractivity (Wildman–Crippen MR) is 102 cm³/mol. The van der Waals surface area contributed by atoms with Gasteiger partial charge in [0.15, 0.2) is 5.76 Å². The molecule has 2 heterocycles. The van der Waals surface area contributed by atoms with Crippen LogP contribution in [0.25, 0.3) is 22.3 Å². The lowest BCUT2D eigenvalue weighted by Gasteiger charge is -2.40. The highest BCUT2D eigenvalue weighted by molar-refractivity contribution is 5.85. The molecule has 1 fully saturated rings. The summed E-state index contributed by atoms with van der Waals surface area (Å²) in [6.07, 6.45) is -7.02. The van der Waals surface area contributed by atoms with Crippen LogP contribution in [0, 0.1) is 0 Å². The van der Waals surface area contributed by atoms with E-state index in [9.17, 15) is 30.3 Å². The molecular weight excluding hydrogens is 380 g/mol. The third-order valence-corrected chi connectivity index (χ3v) is 5.16. The molecule has 1 aromatic heterocycles. The summed E-state index contributed by atoms with van der Waals surface area (Å²) in [6.45, 7) is -0.593. The summed E-state index contributed by atoms with van der Waals surface area (Å²) in [5.74, 6) is -0.588. The largest absolute Gasteiger partial charge is 0.502 e. The Balaban J connectivity index is 1.89. The van der Waals surface area contributed by atoms with Gasteiger partial charge < -0.3 is 34.7 Å². The number of hydrogen-bond donors (Lipinski definition) is 5. The van der Waals surface area contributed by atoms with Crippen LogP contribution in [-0.4, -0.2) is 56.6 Å². The minimum Gasteiger partial charge on any atom is -0.502 e. The molecule has 8 heteroatoms. The highest BCUT2D eigenvalue weighted by Gasteiger charge is 2.44. The van der Waals surface area contributed by atoms with Gasteiger partial charge in [-0.3, -0.25) is 4.79 Å². The lowest BCUT2D eigenvalue weighted by Crippen LogP contribution is -2.55. The van der Waals surface area contributed by atoms with Gasteiger partial charge in [0.2, 0.25) is 11.2 Å². The van der Waals surface area contributed by atoms with E-state index in [1.165, 1.54) is 12.1 Å². The summed E-state index contributed by atoms with van der Waals surface area (Å²) in [4.78, 5) is 13.0. The number of aliphatic hydroxyl groups excluding tert-OH is 4. The van der Waals surface area contributed by atoms with Gasteiger partial charge in [0, 0.05) is 5.56 Å². The summed E-state index contributed by atoms with van der Waals surface area (Å²) in [6, 6.07) is 13.2. The number of aromatic hydroxyl groups is 1. The summed E-state index contributed by atoms with van der Waals surface area (Å²) in [7, 11) is 0. The van der Waals surface area contributed by atoms with Crippen molar-refractivity contribution in [3.63, 3.8) is 0 Å². The van der Waals surface area contributed by atoms with Crippen molar-refractivity contribution in [1.29, 1.82) is 0 Å². The Hall–Kier alpha value is -2.75. The van der Waals surface area contributed by atoms with Gasteiger partial charge in [-0.2, -0.15) is 0 Å². The summed E-state index contributed by atoms with van der Waals surface area (Å²) in [5.41, 5.74) is 0.115. The maximum absolute atomic E-state index is 13.0. The molecule has 0 amide bonds. The zero-order valence-corrected chi connectivity index (χ0v) is 15.2. The summed E-state index contributed by atoms with van der Waals surface area (Å²) >= 11 is 0. The van der Waals surface area contributed by atoms with Crippen LogP contribution < -0.4 is 5.43 Å². The molecule has 1 aliphatic heterocycles. The van der Waals surface area contributed by atoms with Crippen LogP contribution >= 0.6 is 0 Å². The summed E-state index contributed by atoms with van der Waals surface area (Å²) in [5, 5.41) is 50.4. The first-order chi connectivity index (χ1) is 13.9. The highest BCUT2D eigenvalue weighted by Crippen LogP contribution is 2.37. The van der Waals surface area contributed by atoms with Crippen molar-refractivity contribution < 1.29 is 34.7 Å². The number of fused-ring (bicyclic) bond motifs is 1. The Kier molecular flexibility index (Phi) is 5.12. The quantitative estimate of drug-likeness (QED) is 0.432. The maximum Gasteiger partial charge on any atom is 0.235 e. The van der Waals surface area contributed by atoms with E-state index in [1.807, 2.05) is 0 Å². The van der Waals surface area contributed by atoms with Crippen LogP contribution in [0.15, 0.2) is 57.7 Å². The van der Waals surface area contributed by atoms with Crippen LogP contribution in [0.3, 0.4) is 0 Å². The average Bonchev–Trinajstić information content (AvgIpc) is 2.75. The van der Waals surface area contributed by atoms with Gasteiger partial charge in [-0.25, -0.2) is 0 Å². The number of rotatable bonds is 3. The van der Waals surface area contributed by atoms with E-state index in [4.69, 9.17) is 9.15 Å². The Bertz CT molecular complexity index is 1080. The van der Waals surface area contributed by atoms with Crippen LogP contribution in [0.4, 0.5) is 0 Å². The Morgan fingerprint density at radius 3 is 2.31 bits per heavy atom. The first-order valence-corrected chi connectivity index (χ1v) is 9.08. The van der Waals surface area contributed by atoms with E-state index in [0.717, 1.165) is 0 Å². The SMILES string of the molecule is O=c1c(O)c(-c2ccccc2)oc2cccc(C3O[C@H](CO)[C@H](O)[C@H](O)[C@H]3O)c12. The molecule has 1 saturated heterocycles. The fourth-order valence-corrected chi connectivity index (χ4v) is 3.64. The van der Waals surface area contributed by atoms with E-state index in [2.05, 4.69) is 0 Å². The molecule has 0 radical (unpaired) electrons. The van der Waals surface area contributed by atoms with Crippen molar-refractivity contribution >= 4 is 11.0 Å². The second-order valence-corrected chi connectivity index (χ2v) is 6.94. The van der Waals surface area contributed by atoms with E-state index in [0.29, 0.717) is 5.56 Å². The molecule has 152 valence electrons. The fraction of sp³-hybridized carbons (Fsp3) is 0.286. The van der Waals surface area contributed by atoms with E-state index >= 15 is 0 Å². The van der Waals surface area contributed by atoms with Gasteiger partial charge in [-0.15, -0.1) is 0 Å². The number of hydrogen-bond acceptors (Lipinski definition) is 8. The molecule has 0 spiro atoms. The van der Waals surface area contributed by atoms with E-state index in [1.54, 1.807) is 36.4 Å². The first-order valence-electron chi connectivity index (χ1n) is 9.08. The zero-order valence-electron chi connectivity index (χ0n) is 15.2. The van der Waals surface area contributed by atoms with Crippen LogP contribution in [0.5, 0.6) is 5.75 Å². The molecule has 1 aliphatic rings. The monoisotopic (exact) mass is 400 g/mol. The smallest absolute Gasteiger partial charge is 0.235 e. The van der Waals surface area contributed by atoms with Gasteiger partial charge in [0.25, 0.3) is 0 Å². The normalized spacial score (nSPS) is 27.2. The van der Waals surface area contributed by atoms with Crippen molar-refractivity contribution in [3.05, 3.63) is 64.3 Å². The van der Waals surface area contributed by atoms with Crippen molar-refractivity contribution in [2.75, 3.05) is 6.61 Å². The highest BCUT2D eigenvalue weighted by atomic mass is 16.5. The first kappa shape index (κ1) is 19.6. The van der Waals surface area contributed by atoms with Crippen molar-refractivity contribution in [2.24, 2.45) is 0 Å². The topological polar surface area (TPSA) is 141 Å². The number of benzene rings is 2. The van der Waals surface area contributed by atoms with Gasteiger partial charge in [0.1, 0.15) is 36.1 Å². The van der Waals surface area contributed by atoms with E-state index < -0.39 is 48.3 Å². The second kappa shape index (κ2) is 7.58. The minimum absolute atomic E-state index is 0.00838. The molecule has 2 aromatic carbocycles. The standard InChI is InChI=1S/C21H20O8/c22-9-13-15(23)17(25)19(27)21(29-13)11-7-4-8-12-14(11)16(24)18(26)20(28-12)10-5-2-1-3-6-10/h1-8,13,15,17,19,21-23,25-27H,9H2/t13-,15+,17+,19-,21?/m1/s1. The van der Waals surface area contributed by atoms with Gasteiger partial charge in [0.05, 0.1) is 12.0 Å². The van der Waals surface area contributed by atoms with Gasteiger partial charge in [-0.1, -0.05) is 42.5 Å². The Labute approximate surface area is 164 Å². The second-order valence-electron chi connectivity index (χ2n) is 6.94. The molecule has 4 rings (SSSR count). The van der Waals surface area contributed by atoms with Crippen LogP contribution in [0.1, 0.15) is 11.7 Å². The molecular formula is C21H20O8. The molecule has 0 aliphatic carbocycles. The molecule has 5 N–H and O–H groups in total. The molecule has 1 unspecified atom stereocenters. The van der Waals surface area contributed by atoms with Gasteiger partial charge >= 0.3 is 0 Å². The van der Waals surface area contributed by atoms with Crippen molar-refractivity contribution in [2.45, 2.75) is 30.5 Å². The third kappa shape index (κ3) is 3.21. The molecule has 0 saturated carbocycles. The number of aliphatic hydroxyl groups is 4. The lowest BCUT2D eigenvalue weighted by molar-refractivity contribution is -0.231. The van der Waals surface area contributed by atoms with Gasteiger partial charge in [-0.05, 0) is 11.6 Å². The van der Waals surface area contributed by atoms with Crippen molar-refractivity contribution in [3.8, 4) is 17.1 Å². The lowest BCUT2D eigenvalue weighted by atomic mass is 9.89. The Morgan fingerprint density at radius 2 is 1.62 bits per heavy atom.